The Morgan fingerprint density at radius 1 is 0.852 bits per heavy atom. The Morgan fingerprint density at radius 2 is 1.41 bits per heavy atom. The van der Waals surface area contributed by atoms with Crippen LogP contribution in [-0.2, 0) is 4.79 Å². The molecule has 0 atom stereocenters. The van der Waals surface area contributed by atoms with Gasteiger partial charge in [0, 0.05) is 0 Å². The van der Waals surface area contributed by atoms with Gasteiger partial charge in [-0.05, 0) is 6.92 Å². The van der Waals surface area contributed by atoms with Crippen molar-refractivity contribution in [3.63, 3.8) is 0 Å². The zero-order valence-corrected chi connectivity index (χ0v) is 18.8. The molecular formula is C24H34O2Se. The standard InChI is InChI=1S/C24H34O2Se/c1-20(12-8-13-22(3)18-19-25)10-7-11-21(2)14-9-17-24(26)27-23-15-5-4-6-16-23/h4-6,11-12,15-16,18,25H,7-10,13-14,17,19H2,1-3H3/b20-12+,21-11+,22-18+. The third kappa shape index (κ3) is 12.6. The maximum absolute atomic E-state index is 12.1. The van der Waals surface area contributed by atoms with Crippen LogP contribution in [-0.4, -0.2) is 31.4 Å². The summed E-state index contributed by atoms with van der Waals surface area (Å²) in [5, 5.41) is 8.86. The van der Waals surface area contributed by atoms with Crippen LogP contribution < -0.4 is 4.46 Å². The molecule has 3 heteroatoms. The molecule has 0 saturated carbocycles. The van der Waals surface area contributed by atoms with E-state index in [1.165, 1.54) is 21.2 Å². The first-order valence-electron chi connectivity index (χ1n) is 9.84. The molecule has 1 aromatic carbocycles. The van der Waals surface area contributed by atoms with Crippen LogP contribution in [0.1, 0.15) is 65.7 Å². The van der Waals surface area contributed by atoms with Gasteiger partial charge in [0.25, 0.3) is 0 Å². The third-order valence-corrected chi connectivity index (χ3v) is 6.40. The normalized spacial score (nSPS) is 13.1. The molecule has 0 spiro atoms. The SMILES string of the molecule is C/C(=C\CO)CC/C=C(\C)CC/C=C(\C)CCCC(=O)[Se]c1ccccc1. The Labute approximate surface area is 171 Å². The van der Waals surface area contributed by atoms with Gasteiger partial charge in [0.1, 0.15) is 0 Å². The van der Waals surface area contributed by atoms with E-state index in [0.29, 0.717) is 11.1 Å². The van der Waals surface area contributed by atoms with Gasteiger partial charge < -0.3 is 5.11 Å². The third-order valence-electron chi connectivity index (χ3n) is 4.43. The summed E-state index contributed by atoms with van der Waals surface area (Å²) in [6.07, 6.45) is 13.4. The Hall–Kier alpha value is -1.41. The van der Waals surface area contributed by atoms with E-state index < -0.39 is 0 Å². The van der Waals surface area contributed by atoms with Crippen LogP contribution in [0.3, 0.4) is 0 Å². The second-order valence-electron chi connectivity index (χ2n) is 7.05. The van der Waals surface area contributed by atoms with Gasteiger partial charge in [-0.25, -0.2) is 0 Å². The molecule has 0 aliphatic heterocycles. The summed E-state index contributed by atoms with van der Waals surface area (Å²) in [7, 11) is 0. The van der Waals surface area contributed by atoms with Crippen LogP contribution in [0.5, 0.6) is 0 Å². The molecule has 0 bridgehead atoms. The van der Waals surface area contributed by atoms with Crippen molar-refractivity contribution in [2.24, 2.45) is 0 Å². The molecule has 0 amide bonds. The van der Waals surface area contributed by atoms with Crippen LogP contribution in [0, 0.1) is 0 Å². The summed E-state index contributed by atoms with van der Waals surface area (Å²) in [6, 6.07) is 10.1. The number of carbonyl (C=O) groups is 1. The van der Waals surface area contributed by atoms with Crippen molar-refractivity contribution in [1.82, 2.24) is 0 Å². The van der Waals surface area contributed by atoms with Crippen molar-refractivity contribution in [3.05, 3.63) is 65.3 Å². The molecule has 27 heavy (non-hydrogen) atoms. The number of aliphatic hydroxyl groups is 1. The molecular weight excluding hydrogens is 399 g/mol. The number of benzene rings is 1. The molecule has 0 aromatic heterocycles. The minimum atomic E-state index is -0.0362. The fourth-order valence-corrected chi connectivity index (χ4v) is 4.42. The van der Waals surface area contributed by atoms with E-state index in [1.807, 2.05) is 36.4 Å². The number of rotatable bonds is 13. The Morgan fingerprint density at radius 3 is 2.00 bits per heavy atom. The second kappa shape index (κ2) is 14.6. The summed E-state index contributed by atoms with van der Waals surface area (Å²) < 4.78 is 1.57. The first kappa shape index (κ1) is 23.6. The summed E-state index contributed by atoms with van der Waals surface area (Å²) >= 11 is -0.0362. The molecule has 0 heterocycles. The van der Waals surface area contributed by atoms with Gasteiger partial charge in [0.05, 0.1) is 6.61 Å². The summed E-state index contributed by atoms with van der Waals surface area (Å²) in [5.74, 6) is 0. The first-order chi connectivity index (χ1) is 13.0. The fraction of sp³-hybridized carbons (Fsp3) is 0.458. The maximum atomic E-state index is 12.1. The first-order valence-corrected chi connectivity index (χ1v) is 11.6. The molecule has 1 N–H and O–H groups in total. The van der Waals surface area contributed by atoms with Crippen molar-refractivity contribution in [2.75, 3.05) is 6.61 Å². The number of hydrogen-bond donors (Lipinski definition) is 1. The van der Waals surface area contributed by atoms with E-state index in [0.717, 1.165) is 38.5 Å². The van der Waals surface area contributed by atoms with E-state index in [4.69, 9.17) is 5.11 Å². The van der Waals surface area contributed by atoms with Crippen LogP contribution in [0.15, 0.2) is 65.3 Å². The Kier molecular flexibility index (Phi) is 12.8. The predicted octanol–water partition coefficient (Wildman–Crippen LogP) is 5.10. The van der Waals surface area contributed by atoms with Crippen molar-refractivity contribution >= 4 is 24.1 Å². The van der Waals surface area contributed by atoms with E-state index >= 15 is 0 Å². The molecule has 1 rings (SSSR count). The average Bonchev–Trinajstić information content (AvgIpc) is 2.62. The molecule has 0 aliphatic carbocycles. The van der Waals surface area contributed by atoms with E-state index in [9.17, 15) is 4.79 Å². The second-order valence-corrected chi connectivity index (χ2v) is 9.42. The van der Waals surface area contributed by atoms with Gasteiger partial charge in [-0.3, -0.25) is 0 Å². The molecule has 0 aliphatic rings. The average molecular weight is 433 g/mol. The Bertz CT molecular complexity index is 642. The molecule has 2 nitrogen and oxygen atoms in total. The summed E-state index contributed by atoms with van der Waals surface area (Å²) in [6.45, 7) is 6.57. The fourth-order valence-electron chi connectivity index (χ4n) is 2.74. The van der Waals surface area contributed by atoms with Gasteiger partial charge >= 0.3 is 141 Å². The van der Waals surface area contributed by atoms with E-state index in [1.54, 1.807) is 0 Å². The zero-order valence-electron chi connectivity index (χ0n) is 17.0. The number of hydrogen-bond acceptors (Lipinski definition) is 2. The van der Waals surface area contributed by atoms with Crippen molar-refractivity contribution < 1.29 is 9.90 Å². The minimum absolute atomic E-state index is 0.0362. The quantitative estimate of drug-likeness (QED) is 0.347. The van der Waals surface area contributed by atoms with Crippen molar-refractivity contribution in [3.8, 4) is 0 Å². The molecule has 0 fully saturated rings. The van der Waals surface area contributed by atoms with Crippen molar-refractivity contribution in [2.45, 2.75) is 65.7 Å². The van der Waals surface area contributed by atoms with Gasteiger partial charge in [0.2, 0.25) is 0 Å². The van der Waals surface area contributed by atoms with Gasteiger partial charge in [-0.15, -0.1) is 0 Å². The molecule has 0 radical (unpaired) electrons. The number of allylic oxidation sites excluding steroid dienone is 5. The van der Waals surface area contributed by atoms with Crippen LogP contribution in [0.25, 0.3) is 0 Å². The topological polar surface area (TPSA) is 37.3 Å². The number of carbonyl (C=O) groups excluding carboxylic acids is 1. The summed E-state index contributed by atoms with van der Waals surface area (Å²) in [5.41, 5.74) is 4.07. The zero-order chi connectivity index (χ0) is 19.9. The van der Waals surface area contributed by atoms with Gasteiger partial charge in [-0.1, -0.05) is 11.6 Å². The molecule has 0 saturated heterocycles. The molecule has 0 unspecified atom stereocenters. The molecule has 1 aromatic rings. The van der Waals surface area contributed by atoms with Crippen LogP contribution in [0.4, 0.5) is 0 Å². The van der Waals surface area contributed by atoms with Crippen LogP contribution >= 0.6 is 0 Å². The Balaban J connectivity index is 2.19. The molecule has 148 valence electrons. The van der Waals surface area contributed by atoms with Gasteiger partial charge in [-0.2, -0.15) is 0 Å². The van der Waals surface area contributed by atoms with Crippen molar-refractivity contribution in [1.29, 1.82) is 0 Å². The summed E-state index contributed by atoms with van der Waals surface area (Å²) in [4.78, 5) is 12.1. The predicted molar refractivity (Wildman–Crippen MR) is 118 cm³/mol. The van der Waals surface area contributed by atoms with E-state index in [-0.39, 0.29) is 21.6 Å². The van der Waals surface area contributed by atoms with Crippen LogP contribution in [0.2, 0.25) is 0 Å². The van der Waals surface area contributed by atoms with E-state index in [2.05, 4.69) is 32.9 Å². The number of aliphatic hydroxyl groups excluding tert-OH is 1. The van der Waals surface area contributed by atoms with Gasteiger partial charge in [0.15, 0.2) is 0 Å². The monoisotopic (exact) mass is 434 g/mol.